The van der Waals surface area contributed by atoms with E-state index in [1.54, 1.807) is 24.5 Å². The molecular weight excluding hydrogens is 268 g/mol. The fraction of sp³-hybridized carbons (Fsp3) is 0.267. The van der Waals surface area contributed by atoms with E-state index < -0.39 is 0 Å². The van der Waals surface area contributed by atoms with Gasteiger partial charge in [-0.05, 0) is 24.1 Å². The van der Waals surface area contributed by atoms with Gasteiger partial charge in [0.05, 0.1) is 4.92 Å². The second-order valence-corrected chi connectivity index (χ2v) is 5.11. The average molecular weight is 284 g/mol. The molecule has 2 heterocycles. The molecule has 0 radical (unpaired) electrons. The molecule has 0 spiro atoms. The second-order valence-electron chi connectivity index (χ2n) is 5.11. The quantitative estimate of drug-likeness (QED) is 0.690. The summed E-state index contributed by atoms with van der Waals surface area (Å²) in [7, 11) is 1.88. The third kappa shape index (κ3) is 2.52. The van der Waals surface area contributed by atoms with Gasteiger partial charge >= 0.3 is 0 Å². The summed E-state index contributed by atoms with van der Waals surface area (Å²) in [5, 5.41) is 14.6. The largest absolute Gasteiger partial charge is 0.384 e. The molecule has 0 amide bonds. The Morgan fingerprint density at radius 2 is 2.29 bits per heavy atom. The number of nitrogens with zero attached hydrogens (tertiary/aromatic N) is 3. The van der Waals surface area contributed by atoms with E-state index in [-0.39, 0.29) is 10.6 Å². The molecule has 6 nitrogen and oxygen atoms in total. The van der Waals surface area contributed by atoms with Crippen molar-refractivity contribution in [3.63, 3.8) is 0 Å². The standard InChI is InChI=1S/C15H16N4O2/c1-18(10-11-3-2-7-16-9-11)15-12-6-8-17-13(12)4-5-14(15)19(20)21/h2-5,7,9,17H,6,8,10H2,1H3. The molecule has 1 aromatic carbocycles. The van der Waals surface area contributed by atoms with Gasteiger partial charge in [0, 0.05) is 49.8 Å². The van der Waals surface area contributed by atoms with Crippen LogP contribution in [0.3, 0.4) is 0 Å². The van der Waals surface area contributed by atoms with Gasteiger partial charge in [0.15, 0.2) is 0 Å². The van der Waals surface area contributed by atoms with Gasteiger partial charge in [0.25, 0.3) is 5.69 Å². The lowest BCUT2D eigenvalue weighted by molar-refractivity contribution is -0.384. The number of anilines is 2. The van der Waals surface area contributed by atoms with Crippen molar-refractivity contribution in [1.82, 2.24) is 4.98 Å². The summed E-state index contributed by atoms with van der Waals surface area (Å²) in [6, 6.07) is 7.21. The maximum absolute atomic E-state index is 11.3. The smallest absolute Gasteiger partial charge is 0.292 e. The van der Waals surface area contributed by atoms with E-state index in [2.05, 4.69) is 10.3 Å². The van der Waals surface area contributed by atoms with E-state index in [1.807, 2.05) is 24.1 Å². The molecule has 0 bridgehead atoms. The number of pyridine rings is 1. The van der Waals surface area contributed by atoms with Gasteiger partial charge in [0.2, 0.25) is 0 Å². The minimum absolute atomic E-state index is 0.156. The van der Waals surface area contributed by atoms with Crippen molar-refractivity contribution in [2.24, 2.45) is 0 Å². The number of rotatable bonds is 4. The molecule has 0 fully saturated rings. The lowest BCUT2D eigenvalue weighted by Crippen LogP contribution is -2.19. The maximum Gasteiger partial charge on any atom is 0.292 e. The summed E-state index contributed by atoms with van der Waals surface area (Å²) in [4.78, 5) is 17.0. The van der Waals surface area contributed by atoms with Crippen molar-refractivity contribution in [2.75, 3.05) is 23.8 Å². The van der Waals surface area contributed by atoms with Gasteiger partial charge in [-0.25, -0.2) is 0 Å². The van der Waals surface area contributed by atoms with Crippen LogP contribution in [0.25, 0.3) is 0 Å². The van der Waals surface area contributed by atoms with E-state index in [0.717, 1.165) is 29.8 Å². The highest BCUT2D eigenvalue weighted by Gasteiger charge is 2.26. The van der Waals surface area contributed by atoms with Crippen LogP contribution in [-0.2, 0) is 13.0 Å². The number of benzene rings is 1. The minimum atomic E-state index is -0.312. The van der Waals surface area contributed by atoms with Gasteiger partial charge in [-0.2, -0.15) is 0 Å². The number of nitro groups is 1. The molecule has 2 aromatic rings. The Bertz CT molecular complexity index is 673. The molecular formula is C15H16N4O2. The van der Waals surface area contributed by atoms with Crippen LogP contribution in [0.2, 0.25) is 0 Å². The fourth-order valence-electron chi connectivity index (χ4n) is 2.78. The zero-order valence-electron chi connectivity index (χ0n) is 11.7. The van der Waals surface area contributed by atoms with Crippen molar-refractivity contribution in [2.45, 2.75) is 13.0 Å². The number of fused-ring (bicyclic) bond motifs is 1. The Kier molecular flexibility index (Phi) is 3.43. The summed E-state index contributed by atoms with van der Waals surface area (Å²) >= 11 is 0. The Balaban J connectivity index is 2.00. The first-order valence-corrected chi connectivity index (χ1v) is 6.81. The third-order valence-corrected chi connectivity index (χ3v) is 3.67. The van der Waals surface area contributed by atoms with Crippen LogP contribution in [0.1, 0.15) is 11.1 Å². The van der Waals surface area contributed by atoms with E-state index in [0.29, 0.717) is 12.2 Å². The highest BCUT2D eigenvalue weighted by atomic mass is 16.6. The average Bonchev–Trinajstić information content (AvgIpc) is 2.95. The molecule has 0 atom stereocenters. The first-order valence-electron chi connectivity index (χ1n) is 6.81. The van der Waals surface area contributed by atoms with Gasteiger partial charge in [-0.15, -0.1) is 0 Å². The molecule has 108 valence electrons. The maximum atomic E-state index is 11.3. The number of nitro benzene ring substituents is 1. The molecule has 0 aliphatic carbocycles. The van der Waals surface area contributed by atoms with Crippen molar-refractivity contribution in [3.8, 4) is 0 Å². The van der Waals surface area contributed by atoms with Gasteiger partial charge < -0.3 is 10.2 Å². The molecule has 3 rings (SSSR count). The zero-order chi connectivity index (χ0) is 14.8. The van der Waals surface area contributed by atoms with Gasteiger partial charge in [0.1, 0.15) is 5.69 Å². The summed E-state index contributed by atoms with van der Waals surface area (Å²) < 4.78 is 0. The normalized spacial score (nSPS) is 12.6. The van der Waals surface area contributed by atoms with E-state index >= 15 is 0 Å². The number of hydrogen-bond acceptors (Lipinski definition) is 5. The molecule has 1 N–H and O–H groups in total. The Morgan fingerprint density at radius 1 is 1.43 bits per heavy atom. The first kappa shape index (κ1) is 13.4. The van der Waals surface area contributed by atoms with Crippen LogP contribution in [0.15, 0.2) is 36.7 Å². The van der Waals surface area contributed by atoms with Crippen LogP contribution in [0.4, 0.5) is 17.1 Å². The molecule has 1 aliphatic rings. The van der Waals surface area contributed by atoms with Crippen LogP contribution in [-0.4, -0.2) is 23.5 Å². The molecule has 0 saturated heterocycles. The Hall–Kier alpha value is -2.63. The van der Waals surface area contributed by atoms with Crippen molar-refractivity contribution in [3.05, 3.63) is 57.9 Å². The van der Waals surface area contributed by atoms with Crippen LogP contribution >= 0.6 is 0 Å². The predicted molar refractivity (Wildman–Crippen MR) is 81.6 cm³/mol. The minimum Gasteiger partial charge on any atom is -0.384 e. The third-order valence-electron chi connectivity index (χ3n) is 3.67. The van der Waals surface area contributed by atoms with Gasteiger partial charge in [-0.3, -0.25) is 15.1 Å². The monoisotopic (exact) mass is 284 g/mol. The number of nitrogens with one attached hydrogen (secondary N) is 1. The molecule has 1 aromatic heterocycles. The molecule has 0 saturated carbocycles. The number of hydrogen-bond donors (Lipinski definition) is 1. The molecule has 1 aliphatic heterocycles. The topological polar surface area (TPSA) is 71.3 Å². The highest BCUT2D eigenvalue weighted by Crippen LogP contribution is 2.39. The van der Waals surface area contributed by atoms with Crippen molar-refractivity contribution < 1.29 is 4.92 Å². The lowest BCUT2D eigenvalue weighted by atomic mass is 10.1. The van der Waals surface area contributed by atoms with Crippen molar-refractivity contribution >= 4 is 17.1 Å². The summed E-state index contributed by atoms with van der Waals surface area (Å²) in [6.45, 7) is 1.41. The Labute approximate surface area is 122 Å². The van der Waals surface area contributed by atoms with Crippen LogP contribution in [0, 0.1) is 10.1 Å². The first-order chi connectivity index (χ1) is 10.2. The lowest BCUT2D eigenvalue weighted by Gasteiger charge is -2.21. The summed E-state index contributed by atoms with van der Waals surface area (Å²) in [6.07, 6.45) is 4.31. The zero-order valence-corrected chi connectivity index (χ0v) is 11.7. The fourth-order valence-corrected chi connectivity index (χ4v) is 2.78. The SMILES string of the molecule is CN(Cc1cccnc1)c1c([N+](=O)[O-])ccc2c1CCN2. The molecule has 6 heteroatoms. The second kappa shape index (κ2) is 5.40. The van der Waals surface area contributed by atoms with Crippen LogP contribution in [0.5, 0.6) is 0 Å². The van der Waals surface area contributed by atoms with E-state index in [1.165, 1.54) is 0 Å². The van der Waals surface area contributed by atoms with Crippen molar-refractivity contribution in [1.29, 1.82) is 0 Å². The Morgan fingerprint density at radius 3 is 3.00 bits per heavy atom. The predicted octanol–water partition coefficient (Wildman–Crippen LogP) is 2.59. The number of aromatic nitrogens is 1. The molecule has 0 unspecified atom stereocenters. The van der Waals surface area contributed by atoms with Gasteiger partial charge in [-0.1, -0.05) is 6.07 Å². The van der Waals surface area contributed by atoms with E-state index in [9.17, 15) is 10.1 Å². The summed E-state index contributed by atoms with van der Waals surface area (Å²) in [5.41, 5.74) is 3.90. The van der Waals surface area contributed by atoms with E-state index in [4.69, 9.17) is 0 Å². The molecule has 21 heavy (non-hydrogen) atoms. The van der Waals surface area contributed by atoms with Crippen LogP contribution < -0.4 is 10.2 Å². The highest BCUT2D eigenvalue weighted by molar-refractivity contribution is 5.77. The summed E-state index contributed by atoms with van der Waals surface area (Å²) in [5.74, 6) is 0.